The number of ether oxygens (including phenoxy) is 2. The average molecular weight is 770 g/mol. The number of benzene rings is 2. The highest BCUT2D eigenvalue weighted by Crippen LogP contribution is 2.39. The first kappa shape index (κ1) is 40.8. The molecule has 15 nitrogen and oxygen atoms in total. The van der Waals surface area contributed by atoms with Crippen LogP contribution in [0.4, 0.5) is 16.2 Å². The Kier molecular flexibility index (Phi) is 12.2. The second kappa shape index (κ2) is 16.2. The molecule has 54 heavy (non-hydrogen) atoms. The molecule has 5 rings (SSSR count). The number of fused-ring (bicyclic) bond motifs is 1. The zero-order valence-corrected chi connectivity index (χ0v) is 33.7. The Balaban J connectivity index is 1.20. The normalized spacial score (nSPS) is 17.2. The van der Waals surface area contributed by atoms with Crippen LogP contribution >= 0.6 is 0 Å². The van der Waals surface area contributed by atoms with Crippen molar-refractivity contribution in [1.29, 1.82) is 0 Å². The fourth-order valence-corrected chi connectivity index (χ4v) is 7.24. The number of hydrogen-bond acceptors (Lipinski definition) is 11. The number of para-hydroxylation sites is 1. The number of carbonyl (C=O) groups is 3. The number of nitrogens with one attached hydrogen (secondary N) is 3. The number of nitrogens with zero attached hydrogens (tertiary/aromatic N) is 4. The van der Waals surface area contributed by atoms with Gasteiger partial charge in [-0.25, -0.2) is 13.2 Å². The fourth-order valence-electron chi connectivity index (χ4n) is 6.69. The maximum Gasteiger partial charge on any atom is 0.528 e. The van der Waals surface area contributed by atoms with Crippen molar-refractivity contribution in [2.75, 3.05) is 82.3 Å². The zero-order chi connectivity index (χ0) is 39.6. The van der Waals surface area contributed by atoms with E-state index in [4.69, 9.17) is 14.3 Å². The molecule has 2 aromatic carbocycles. The minimum atomic E-state index is -3.62. The molecule has 3 heterocycles. The molecule has 3 N–H and O–H groups in total. The van der Waals surface area contributed by atoms with Crippen molar-refractivity contribution in [3.8, 4) is 5.75 Å². The third-order valence-corrected chi connectivity index (χ3v) is 10.2. The molecule has 3 aromatic rings. The second-order valence-corrected chi connectivity index (χ2v) is 17.8. The summed E-state index contributed by atoms with van der Waals surface area (Å²) in [5.41, 5.74) is 2.64. The molecular formula is C38H55N7O8S. The Morgan fingerprint density at radius 1 is 0.907 bits per heavy atom. The van der Waals surface area contributed by atoms with Crippen molar-refractivity contribution in [3.05, 3.63) is 53.2 Å². The first-order valence-corrected chi connectivity index (χ1v) is 20.1. The van der Waals surface area contributed by atoms with Crippen molar-refractivity contribution >= 4 is 50.3 Å². The quantitative estimate of drug-likeness (QED) is 0.243. The van der Waals surface area contributed by atoms with Gasteiger partial charge in [-0.05, 0) is 62.4 Å². The van der Waals surface area contributed by atoms with E-state index in [9.17, 15) is 22.8 Å². The van der Waals surface area contributed by atoms with Crippen LogP contribution in [0.1, 0.15) is 76.1 Å². The number of hydrogen-bond donors (Lipinski definition) is 3. The zero-order valence-electron chi connectivity index (χ0n) is 32.9. The lowest BCUT2D eigenvalue weighted by Crippen LogP contribution is -2.54. The Bertz CT molecular complexity index is 1950. The lowest BCUT2D eigenvalue weighted by molar-refractivity contribution is -0.160. The summed E-state index contributed by atoms with van der Waals surface area (Å²) in [6.07, 6.45) is 0.341. The number of aromatic amines is 1. The summed E-state index contributed by atoms with van der Waals surface area (Å²) in [7, 11) is -2.20. The number of piperazine rings is 2. The number of anilines is 2. The predicted octanol–water partition coefficient (Wildman–Crippen LogP) is 4.79. The smallest absolute Gasteiger partial charge is 0.492 e. The molecule has 1 aromatic heterocycles. The molecule has 1 unspecified atom stereocenters. The van der Waals surface area contributed by atoms with Gasteiger partial charge in [-0.15, -0.1) is 5.06 Å². The lowest BCUT2D eigenvalue weighted by atomic mass is 9.86. The summed E-state index contributed by atoms with van der Waals surface area (Å²) in [6, 6.07) is 11.3. The monoisotopic (exact) mass is 769 g/mol. The van der Waals surface area contributed by atoms with E-state index in [1.165, 1.54) is 7.11 Å². The summed E-state index contributed by atoms with van der Waals surface area (Å²) in [5.74, 6) is -0.115. The van der Waals surface area contributed by atoms with E-state index in [0.29, 0.717) is 70.3 Å². The van der Waals surface area contributed by atoms with Crippen LogP contribution in [-0.4, -0.2) is 129 Å². The molecule has 1 atom stereocenters. The average Bonchev–Trinajstić information content (AvgIpc) is 3.52. The molecule has 2 aliphatic rings. The number of hydroxylamine groups is 2. The van der Waals surface area contributed by atoms with Crippen LogP contribution in [0, 0.1) is 0 Å². The fraction of sp³-hybridized carbons (Fsp3) is 0.553. The van der Waals surface area contributed by atoms with E-state index in [1.807, 2.05) is 43.9 Å². The molecule has 2 aliphatic heterocycles. The summed E-state index contributed by atoms with van der Waals surface area (Å²) in [5, 5.41) is 5.40. The van der Waals surface area contributed by atoms with E-state index in [0.717, 1.165) is 28.3 Å². The number of H-pyrrole nitrogens is 1. The second-order valence-electron chi connectivity index (χ2n) is 16.0. The van der Waals surface area contributed by atoms with Gasteiger partial charge in [-0.1, -0.05) is 39.0 Å². The molecule has 0 saturated carbocycles. The number of aromatic nitrogens is 1. The van der Waals surface area contributed by atoms with Gasteiger partial charge in [-0.3, -0.25) is 24.1 Å². The Morgan fingerprint density at radius 2 is 1.56 bits per heavy atom. The van der Waals surface area contributed by atoms with Gasteiger partial charge in [-0.2, -0.15) is 0 Å². The summed E-state index contributed by atoms with van der Waals surface area (Å²) in [6.45, 7) is 18.6. The maximum absolute atomic E-state index is 13.7. The minimum absolute atomic E-state index is 0.00625. The number of methoxy groups -OCH3 is 1. The topological polar surface area (TPSA) is 166 Å². The van der Waals surface area contributed by atoms with Crippen LogP contribution in [0.25, 0.3) is 10.9 Å². The number of amides is 2. The SMILES string of the molecule is COc1c(NC(=O)c2cc3cccc(C(C)N4CCN(C(=O)CN5CCN(OC(=O)OC(C)(C)C)CC5)CC4)c3[nH]2)cc(C(C)(C)C)cc1NS(C)(=O)=O. The number of rotatable bonds is 10. The van der Waals surface area contributed by atoms with Crippen LogP contribution in [0.15, 0.2) is 36.4 Å². The summed E-state index contributed by atoms with van der Waals surface area (Å²) in [4.78, 5) is 54.0. The highest BCUT2D eigenvalue weighted by atomic mass is 32.2. The van der Waals surface area contributed by atoms with Crippen LogP contribution in [0.3, 0.4) is 0 Å². The van der Waals surface area contributed by atoms with Crippen LogP contribution in [-0.2, 0) is 29.8 Å². The molecule has 2 amide bonds. The van der Waals surface area contributed by atoms with Crippen molar-refractivity contribution in [2.45, 2.75) is 65.5 Å². The van der Waals surface area contributed by atoms with Gasteiger partial charge in [0.15, 0.2) is 5.75 Å². The molecule has 2 saturated heterocycles. The number of sulfonamides is 1. The molecule has 0 spiro atoms. The van der Waals surface area contributed by atoms with E-state index in [2.05, 4.69) is 31.7 Å². The van der Waals surface area contributed by atoms with Crippen molar-refractivity contribution < 1.29 is 37.1 Å². The van der Waals surface area contributed by atoms with Gasteiger partial charge in [0.25, 0.3) is 5.91 Å². The predicted molar refractivity (Wildman–Crippen MR) is 208 cm³/mol. The van der Waals surface area contributed by atoms with Gasteiger partial charge in [0.1, 0.15) is 11.3 Å². The van der Waals surface area contributed by atoms with Crippen molar-refractivity contribution in [2.24, 2.45) is 0 Å². The number of carbonyl (C=O) groups excluding carboxylic acids is 3. The van der Waals surface area contributed by atoms with E-state index in [1.54, 1.807) is 44.0 Å². The first-order valence-electron chi connectivity index (χ1n) is 18.2. The Hall–Kier alpha value is -4.38. The standard InChI is InChI=1S/C38H55N7O8S/c1-25(43-15-17-44(18-16-43)32(46)24-42-13-19-45(20-14-42)53-36(48)52-38(5,6)7)28-12-10-11-26-21-31(39-33(26)28)35(47)40-29-22-27(37(2,3)4)23-30(34(29)51-8)41-54(9,49)50/h10-12,21-23,25,39,41H,13-20,24H2,1-9H3,(H,40,47). The van der Waals surface area contributed by atoms with Gasteiger partial charge in [0, 0.05) is 63.8 Å². The van der Waals surface area contributed by atoms with E-state index in [-0.39, 0.29) is 28.8 Å². The summed E-state index contributed by atoms with van der Waals surface area (Å²) < 4.78 is 37.7. The molecular weight excluding hydrogens is 715 g/mol. The van der Waals surface area contributed by atoms with E-state index >= 15 is 0 Å². The third kappa shape index (κ3) is 10.4. The van der Waals surface area contributed by atoms with Crippen LogP contribution in [0.2, 0.25) is 0 Å². The molecule has 0 radical (unpaired) electrons. The van der Waals surface area contributed by atoms with Crippen LogP contribution in [0.5, 0.6) is 5.75 Å². The third-order valence-electron chi connectivity index (χ3n) is 9.58. The maximum atomic E-state index is 13.7. The van der Waals surface area contributed by atoms with Gasteiger partial charge in [0.2, 0.25) is 15.9 Å². The van der Waals surface area contributed by atoms with Gasteiger partial charge in [0.05, 0.1) is 36.8 Å². The highest BCUT2D eigenvalue weighted by molar-refractivity contribution is 7.92. The molecule has 296 valence electrons. The van der Waals surface area contributed by atoms with E-state index < -0.39 is 27.7 Å². The van der Waals surface area contributed by atoms with Gasteiger partial charge < -0.3 is 29.5 Å². The molecule has 0 bridgehead atoms. The first-order chi connectivity index (χ1) is 25.2. The minimum Gasteiger partial charge on any atom is -0.492 e. The molecule has 2 fully saturated rings. The highest BCUT2D eigenvalue weighted by Gasteiger charge is 2.30. The summed E-state index contributed by atoms with van der Waals surface area (Å²) >= 11 is 0. The largest absolute Gasteiger partial charge is 0.528 e. The van der Waals surface area contributed by atoms with Crippen molar-refractivity contribution in [1.82, 2.24) is 24.7 Å². The molecule has 16 heteroatoms. The lowest BCUT2D eigenvalue weighted by Gasteiger charge is -2.39. The van der Waals surface area contributed by atoms with Crippen molar-refractivity contribution in [3.63, 3.8) is 0 Å². The molecule has 0 aliphatic carbocycles. The Labute approximate surface area is 318 Å². The van der Waals surface area contributed by atoms with Gasteiger partial charge >= 0.3 is 6.16 Å². The van der Waals surface area contributed by atoms with Crippen LogP contribution < -0.4 is 14.8 Å². The Morgan fingerprint density at radius 3 is 2.15 bits per heavy atom.